The lowest BCUT2D eigenvalue weighted by molar-refractivity contribution is 0.229. The summed E-state index contributed by atoms with van der Waals surface area (Å²) in [5.74, 6) is 3.95. The summed E-state index contributed by atoms with van der Waals surface area (Å²) < 4.78 is 0. The maximum atomic E-state index is 9.39. The van der Waals surface area contributed by atoms with Crippen LogP contribution in [0.2, 0.25) is 0 Å². The van der Waals surface area contributed by atoms with Gasteiger partial charge in [-0.15, -0.1) is 6.42 Å². The fraction of sp³-hybridized carbons (Fsp3) is 0.667. The monoisotopic (exact) mass is 176 g/mol. The van der Waals surface area contributed by atoms with Crippen LogP contribution in [0.5, 0.6) is 0 Å². The van der Waals surface area contributed by atoms with E-state index in [1.54, 1.807) is 0 Å². The minimum absolute atomic E-state index is 0.565. The van der Waals surface area contributed by atoms with Gasteiger partial charge in [0, 0.05) is 6.42 Å². The lowest BCUT2D eigenvalue weighted by atomic mass is 9.89. The minimum atomic E-state index is -0.565. The van der Waals surface area contributed by atoms with Gasteiger partial charge in [0.15, 0.2) is 0 Å². The van der Waals surface area contributed by atoms with E-state index >= 15 is 0 Å². The molecule has 0 aromatic heterocycles. The van der Waals surface area contributed by atoms with Crippen LogP contribution in [-0.4, -0.2) is 11.2 Å². The second kappa shape index (κ2) is 3.20. The predicted octanol–water partition coefficient (Wildman–Crippen LogP) is 2.12. The molecule has 0 heterocycles. The molecular weight excluding hydrogens is 160 g/mol. The van der Waals surface area contributed by atoms with Crippen molar-refractivity contribution in [3.8, 4) is 12.3 Å². The minimum Gasteiger partial charge on any atom is -0.380 e. The van der Waals surface area contributed by atoms with Crippen LogP contribution in [0.15, 0.2) is 11.1 Å². The number of hydrogen-bond acceptors (Lipinski definition) is 1. The molecule has 3 atom stereocenters. The van der Waals surface area contributed by atoms with Crippen molar-refractivity contribution in [2.75, 3.05) is 0 Å². The molecule has 1 N–H and O–H groups in total. The van der Waals surface area contributed by atoms with E-state index < -0.39 is 6.10 Å². The molecular formula is C12H16O. The Hall–Kier alpha value is -0.740. The van der Waals surface area contributed by atoms with Gasteiger partial charge in [0.05, 0.1) is 0 Å². The van der Waals surface area contributed by atoms with Gasteiger partial charge in [-0.05, 0) is 38.0 Å². The van der Waals surface area contributed by atoms with Gasteiger partial charge in [-0.25, -0.2) is 0 Å². The first-order valence-corrected chi connectivity index (χ1v) is 5.06. The van der Waals surface area contributed by atoms with E-state index in [0.717, 1.165) is 11.8 Å². The molecule has 1 fully saturated rings. The Morgan fingerprint density at radius 1 is 1.54 bits per heavy atom. The van der Waals surface area contributed by atoms with E-state index in [4.69, 9.17) is 6.42 Å². The van der Waals surface area contributed by atoms with Crippen LogP contribution >= 0.6 is 0 Å². The molecule has 1 saturated carbocycles. The van der Waals surface area contributed by atoms with Crippen LogP contribution in [0.3, 0.4) is 0 Å². The smallest absolute Gasteiger partial charge is 0.118 e. The molecule has 2 aliphatic carbocycles. The molecule has 0 aliphatic heterocycles. The number of hydrogen-bond donors (Lipinski definition) is 1. The van der Waals surface area contributed by atoms with Gasteiger partial charge in [-0.2, -0.15) is 0 Å². The highest BCUT2D eigenvalue weighted by Crippen LogP contribution is 2.49. The van der Waals surface area contributed by atoms with Gasteiger partial charge in [-0.1, -0.05) is 17.1 Å². The second-order valence-electron chi connectivity index (χ2n) is 4.30. The van der Waals surface area contributed by atoms with Gasteiger partial charge in [0.2, 0.25) is 0 Å². The zero-order valence-corrected chi connectivity index (χ0v) is 8.09. The predicted molar refractivity (Wildman–Crippen MR) is 53.0 cm³/mol. The molecule has 0 aromatic carbocycles. The van der Waals surface area contributed by atoms with Crippen LogP contribution in [0.25, 0.3) is 0 Å². The Bertz CT molecular complexity index is 282. The lowest BCUT2D eigenvalue weighted by Crippen LogP contribution is -2.10. The number of terminal acetylenes is 1. The summed E-state index contributed by atoms with van der Waals surface area (Å²) in [6.07, 6.45) is 9.30. The van der Waals surface area contributed by atoms with Crippen molar-refractivity contribution < 1.29 is 5.11 Å². The van der Waals surface area contributed by atoms with Gasteiger partial charge >= 0.3 is 0 Å². The third-order valence-corrected chi connectivity index (χ3v) is 3.65. The third-order valence-electron chi connectivity index (χ3n) is 3.65. The largest absolute Gasteiger partial charge is 0.380 e. The van der Waals surface area contributed by atoms with Crippen molar-refractivity contribution >= 4 is 0 Å². The van der Waals surface area contributed by atoms with Crippen LogP contribution < -0.4 is 0 Å². The van der Waals surface area contributed by atoms with Crippen molar-refractivity contribution in [2.24, 2.45) is 11.8 Å². The Kier molecular flexibility index (Phi) is 2.17. The molecule has 1 nitrogen and oxygen atoms in total. The molecule has 3 unspecified atom stereocenters. The molecule has 70 valence electrons. The molecule has 2 rings (SSSR count). The lowest BCUT2D eigenvalue weighted by Gasteiger charge is -2.18. The standard InChI is InChI=1S/C12H16O/c1-3-11(13)7-12-8(2)9-4-5-10(12)6-9/h1,9-11,13H,4-7H2,2H3. The Labute approximate surface area is 79.8 Å². The number of rotatable bonds is 2. The van der Waals surface area contributed by atoms with Gasteiger partial charge in [-0.3, -0.25) is 0 Å². The number of aliphatic hydroxyl groups is 1. The van der Waals surface area contributed by atoms with E-state index in [1.165, 1.54) is 30.4 Å². The summed E-state index contributed by atoms with van der Waals surface area (Å²) in [5.41, 5.74) is 2.98. The first kappa shape index (κ1) is 8.84. The van der Waals surface area contributed by atoms with Gasteiger partial charge < -0.3 is 5.11 Å². The van der Waals surface area contributed by atoms with Crippen LogP contribution in [0.4, 0.5) is 0 Å². The number of aliphatic hydroxyl groups excluding tert-OH is 1. The van der Waals surface area contributed by atoms with Crippen molar-refractivity contribution in [3.05, 3.63) is 11.1 Å². The Morgan fingerprint density at radius 3 is 2.77 bits per heavy atom. The highest BCUT2D eigenvalue weighted by atomic mass is 16.3. The molecule has 13 heavy (non-hydrogen) atoms. The van der Waals surface area contributed by atoms with Crippen molar-refractivity contribution in [1.82, 2.24) is 0 Å². The number of allylic oxidation sites excluding steroid dienone is 1. The maximum Gasteiger partial charge on any atom is 0.118 e. The van der Waals surface area contributed by atoms with E-state index in [1.807, 2.05) is 0 Å². The fourth-order valence-corrected chi connectivity index (χ4v) is 2.87. The molecule has 0 radical (unpaired) electrons. The SMILES string of the molecule is C#CC(O)CC1=C(C)C2CCC1C2. The van der Waals surface area contributed by atoms with E-state index in [0.29, 0.717) is 6.42 Å². The van der Waals surface area contributed by atoms with Gasteiger partial charge in [0.25, 0.3) is 0 Å². The van der Waals surface area contributed by atoms with Crippen molar-refractivity contribution in [3.63, 3.8) is 0 Å². The normalized spacial score (nSPS) is 33.6. The maximum absolute atomic E-state index is 9.39. The third kappa shape index (κ3) is 1.40. The zero-order valence-electron chi connectivity index (χ0n) is 8.09. The molecule has 0 saturated heterocycles. The highest BCUT2D eigenvalue weighted by Gasteiger charge is 2.36. The molecule has 0 amide bonds. The summed E-state index contributed by atoms with van der Waals surface area (Å²) in [6, 6.07) is 0. The Balaban J connectivity index is 2.11. The second-order valence-corrected chi connectivity index (χ2v) is 4.30. The molecule has 2 bridgehead atoms. The van der Waals surface area contributed by atoms with E-state index in [2.05, 4.69) is 12.8 Å². The summed E-state index contributed by atoms with van der Waals surface area (Å²) in [5, 5.41) is 9.39. The first-order valence-electron chi connectivity index (χ1n) is 5.06. The van der Waals surface area contributed by atoms with Crippen LogP contribution in [0, 0.1) is 24.2 Å². The van der Waals surface area contributed by atoms with Crippen molar-refractivity contribution in [2.45, 2.75) is 38.7 Å². The van der Waals surface area contributed by atoms with Gasteiger partial charge in [0.1, 0.15) is 6.10 Å². The topological polar surface area (TPSA) is 20.2 Å². The average Bonchev–Trinajstić information content (AvgIpc) is 2.69. The fourth-order valence-electron chi connectivity index (χ4n) is 2.87. The summed E-state index contributed by atoms with van der Waals surface area (Å²) >= 11 is 0. The molecule has 1 heteroatoms. The van der Waals surface area contributed by atoms with Crippen LogP contribution in [-0.2, 0) is 0 Å². The first-order chi connectivity index (χ1) is 6.22. The van der Waals surface area contributed by atoms with Crippen LogP contribution in [0.1, 0.15) is 32.6 Å². The molecule has 2 aliphatic rings. The quantitative estimate of drug-likeness (QED) is 0.504. The average molecular weight is 176 g/mol. The van der Waals surface area contributed by atoms with Crippen molar-refractivity contribution in [1.29, 1.82) is 0 Å². The summed E-state index contributed by atoms with van der Waals surface area (Å²) in [4.78, 5) is 0. The summed E-state index contributed by atoms with van der Waals surface area (Å²) in [6.45, 7) is 2.21. The van der Waals surface area contributed by atoms with E-state index in [9.17, 15) is 5.11 Å². The summed E-state index contributed by atoms with van der Waals surface area (Å²) in [7, 11) is 0. The Morgan fingerprint density at radius 2 is 2.23 bits per heavy atom. The zero-order chi connectivity index (χ0) is 9.42. The number of fused-ring (bicyclic) bond motifs is 2. The van der Waals surface area contributed by atoms with E-state index in [-0.39, 0.29) is 0 Å². The molecule has 0 spiro atoms. The molecule has 0 aromatic rings. The highest BCUT2D eigenvalue weighted by molar-refractivity contribution is 5.29.